The lowest BCUT2D eigenvalue weighted by Gasteiger charge is -2.16. The lowest BCUT2D eigenvalue weighted by atomic mass is 10.1. The number of nitrogens with one attached hydrogen (secondary N) is 1. The third-order valence-corrected chi connectivity index (χ3v) is 6.73. The number of amides is 4. The van der Waals surface area contributed by atoms with E-state index in [0.717, 1.165) is 21.9 Å². The van der Waals surface area contributed by atoms with Crippen LogP contribution >= 0.6 is 22.9 Å². The van der Waals surface area contributed by atoms with E-state index in [9.17, 15) is 19.2 Å². The molecule has 5 rings (SSSR count). The molecule has 2 aliphatic rings. The Labute approximate surface area is 197 Å². The molecule has 0 aliphatic carbocycles. The van der Waals surface area contributed by atoms with Crippen molar-refractivity contribution in [2.75, 3.05) is 23.3 Å². The van der Waals surface area contributed by atoms with Crippen LogP contribution in [0.1, 0.15) is 38.1 Å². The molecule has 4 amide bonds. The van der Waals surface area contributed by atoms with Crippen LogP contribution in [0, 0.1) is 0 Å². The van der Waals surface area contributed by atoms with Crippen LogP contribution < -0.4 is 10.2 Å². The molecule has 2 aliphatic heterocycles. The molecule has 1 fully saturated rings. The van der Waals surface area contributed by atoms with Crippen molar-refractivity contribution in [1.82, 2.24) is 15.1 Å². The van der Waals surface area contributed by atoms with Gasteiger partial charge in [-0.2, -0.15) is 0 Å². The maximum atomic E-state index is 12.5. The maximum Gasteiger partial charge on any atom is 0.262 e. The molecule has 2 aromatic carbocycles. The Morgan fingerprint density at radius 3 is 2.36 bits per heavy atom. The third-order valence-electron chi connectivity index (χ3n) is 5.48. The van der Waals surface area contributed by atoms with Crippen molar-refractivity contribution in [1.29, 1.82) is 0 Å². The predicted molar refractivity (Wildman–Crippen MR) is 122 cm³/mol. The average molecular weight is 482 g/mol. The van der Waals surface area contributed by atoms with E-state index in [4.69, 9.17) is 11.6 Å². The zero-order valence-electron chi connectivity index (χ0n) is 17.0. The molecule has 0 bridgehead atoms. The highest BCUT2D eigenvalue weighted by Gasteiger charge is 2.37. The van der Waals surface area contributed by atoms with Gasteiger partial charge in [0.15, 0.2) is 0 Å². The molecule has 166 valence electrons. The molecule has 1 N–H and O–H groups in total. The van der Waals surface area contributed by atoms with Gasteiger partial charge in [0.05, 0.1) is 11.1 Å². The van der Waals surface area contributed by atoms with Crippen molar-refractivity contribution in [2.45, 2.75) is 12.3 Å². The molecule has 0 spiro atoms. The van der Waals surface area contributed by atoms with Crippen molar-refractivity contribution >= 4 is 57.4 Å². The van der Waals surface area contributed by atoms with Gasteiger partial charge >= 0.3 is 0 Å². The van der Waals surface area contributed by atoms with Gasteiger partial charge in [0.2, 0.25) is 16.9 Å². The number of rotatable bonds is 5. The molecule has 3 heterocycles. The SMILES string of the molecule is O=C(CN1C(=O)c2ccccc2C1=O)Nc1nnc(C2CC(=O)N(c3ccc(Cl)cc3)C2)s1. The summed E-state index contributed by atoms with van der Waals surface area (Å²) in [5, 5.41) is 12.2. The van der Waals surface area contributed by atoms with Crippen LogP contribution in [0.2, 0.25) is 5.02 Å². The van der Waals surface area contributed by atoms with Crippen molar-refractivity contribution in [3.05, 3.63) is 69.7 Å². The van der Waals surface area contributed by atoms with Gasteiger partial charge in [0.25, 0.3) is 11.8 Å². The van der Waals surface area contributed by atoms with E-state index in [1.165, 1.54) is 0 Å². The maximum absolute atomic E-state index is 12.5. The summed E-state index contributed by atoms with van der Waals surface area (Å²) in [4.78, 5) is 52.4. The van der Waals surface area contributed by atoms with Gasteiger partial charge in [-0.15, -0.1) is 10.2 Å². The van der Waals surface area contributed by atoms with Crippen LogP contribution in [0.5, 0.6) is 0 Å². The second-order valence-electron chi connectivity index (χ2n) is 7.62. The Morgan fingerprint density at radius 2 is 1.70 bits per heavy atom. The summed E-state index contributed by atoms with van der Waals surface area (Å²) >= 11 is 7.09. The van der Waals surface area contributed by atoms with Gasteiger partial charge in [-0.3, -0.25) is 29.4 Å². The van der Waals surface area contributed by atoms with Crippen molar-refractivity contribution in [3.63, 3.8) is 0 Å². The summed E-state index contributed by atoms with van der Waals surface area (Å²) in [6, 6.07) is 13.5. The number of fused-ring (bicyclic) bond motifs is 1. The number of hydrogen-bond donors (Lipinski definition) is 1. The van der Waals surface area contributed by atoms with Crippen LogP contribution in [0.25, 0.3) is 0 Å². The van der Waals surface area contributed by atoms with Crippen LogP contribution in [0.4, 0.5) is 10.8 Å². The molecule has 1 saturated heterocycles. The zero-order valence-corrected chi connectivity index (χ0v) is 18.6. The first kappa shape index (κ1) is 21.2. The van der Waals surface area contributed by atoms with Gasteiger partial charge in [-0.1, -0.05) is 35.1 Å². The molecule has 0 radical (unpaired) electrons. The number of benzene rings is 2. The highest BCUT2D eigenvalue weighted by Crippen LogP contribution is 2.34. The number of nitrogens with zero attached hydrogens (tertiary/aromatic N) is 4. The highest BCUT2D eigenvalue weighted by atomic mass is 35.5. The number of carbonyl (C=O) groups is 4. The van der Waals surface area contributed by atoms with Crippen LogP contribution in [0.15, 0.2) is 48.5 Å². The number of anilines is 2. The quantitative estimate of drug-likeness (QED) is 0.561. The number of halogens is 1. The number of carbonyl (C=O) groups excluding carboxylic acids is 4. The molecule has 1 aromatic heterocycles. The van der Waals surface area contributed by atoms with Crippen LogP contribution in [-0.4, -0.2) is 51.8 Å². The van der Waals surface area contributed by atoms with E-state index in [0.29, 0.717) is 16.6 Å². The molecule has 1 atom stereocenters. The van der Waals surface area contributed by atoms with Gasteiger partial charge in [0, 0.05) is 29.6 Å². The summed E-state index contributed by atoms with van der Waals surface area (Å²) in [7, 11) is 0. The lowest BCUT2D eigenvalue weighted by Crippen LogP contribution is -2.37. The Balaban J connectivity index is 1.22. The number of aromatic nitrogens is 2. The number of imide groups is 1. The minimum atomic E-state index is -0.558. The van der Waals surface area contributed by atoms with Crippen molar-refractivity contribution in [2.24, 2.45) is 0 Å². The van der Waals surface area contributed by atoms with Crippen LogP contribution in [-0.2, 0) is 9.59 Å². The molecule has 9 nitrogen and oxygen atoms in total. The molecular weight excluding hydrogens is 466 g/mol. The zero-order chi connectivity index (χ0) is 23.1. The van der Waals surface area contributed by atoms with Gasteiger partial charge in [-0.25, -0.2) is 0 Å². The van der Waals surface area contributed by atoms with E-state index in [1.54, 1.807) is 53.4 Å². The summed E-state index contributed by atoms with van der Waals surface area (Å²) < 4.78 is 0. The lowest BCUT2D eigenvalue weighted by molar-refractivity contribution is -0.117. The molecule has 0 saturated carbocycles. The van der Waals surface area contributed by atoms with Crippen molar-refractivity contribution in [3.8, 4) is 0 Å². The topological polar surface area (TPSA) is 113 Å². The first-order valence-corrected chi connectivity index (χ1v) is 11.2. The van der Waals surface area contributed by atoms with E-state index in [-0.39, 0.29) is 34.5 Å². The number of hydrogen-bond acceptors (Lipinski definition) is 7. The minimum Gasteiger partial charge on any atom is -0.312 e. The Morgan fingerprint density at radius 1 is 1.03 bits per heavy atom. The fourth-order valence-electron chi connectivity index (χ4n) is 3.88. The molecule has 1 unspecified atom stereocenters. The second kappa shape index (κ2) is 8.38. The second-order valence-corrected chi connectivity index (χ2v) is 9.06. The Kier molecular flexibility index (Phi) is 5.39. The highest BCUT2D eigenvalue weighted by molar-refractivity contribution is 7.15. The third kappa shape index (κ3) is 3.98. The van der Waals surface area contributed by atoms with Gasteiger partial charge in [-0.05, 0) is 36.4 Å². The normalized spacial score (nSPS) is 17.6. The largest absolute Gasteiger partial charge is 0.312 e. The fourth-order valence-corrected chi connectivity index (χ4v) is 4.86. The molecule has 11 heteroatoms. The van der Waals surface area contributed by atoms with E-state index in [1.807, 2.05) is 0 Å². The van der Waals surface area contributed by atoms with Gasteiger partial charge in [0.1, 0.15) is 11.6 Å². The molecule has 3 aromatic rings. The Bertz CT molecular complexity index is 1260. The first-order chi connectivity index (χ1) is 15.9. The average Bonchev–Trinajstić information content (AvgIpc) is 3.48. The monoisotopic (exact) mass is 481 g/mol. The summed E-state index contributed by atoms with van der Waals surface area (Å²) in [5.74, 6) is -1.76. The summed E-state index contributed by atoms with van der Waals surface area (Å²) in [5.41, 5.74) is 1.32. The van der Waals surface area contributed by atoms with E-state index < -0.39 is 24.3 Å². The van der Waals surface area contributed by atoms with E-state index in [2.05, 4.69) is 15.5 Å². The summed E-state index contributed by atoms with van der Waals surface area (Å²) in [6.45, 7) is 0.0194. The summed E-state index contributed by atoms with van der Waals surface area (Å²) in [6.07, 6.45) is 0.278. The standard InChI is InChI=1S/C22H16ClN5O4S/c23-13-5-7-14(8-6-13)27-10-12(9-18(27)30)19-25-26-22(33-19)24-17(29)11-28-20(31)15-3-1-2-4-16(15)21(28)32/h1-8,12H,9-11H2,(H,24,26,29). The van der Waals surface area contributed by atoms with Crippen molar-refractivity contribution < 1.29 is 19.2 Å². The first-order valence-electron chi connectivity index (χ1n) is 10.0. The minimum absolute atomic E-state index is 0.0336. The Hall–Kier alpha value is -3.63. The predicted octanol–water partition coefficient (Wildman–Crippen LogP) is 2.95. The fraction of sp³-hybridized carbons (Fsp3) is 0.182. The van der Waals surface area contributed by atoms with Gasteiger partial charge < -0.3 is 4.90 Å². The molecule has 33 heavy (non-hydrogen) atoms. The molecular formula is C22H16ClN5O4S. The van der Waals surface area contributed by atoms with Crippen LogP contribution in [0.3, 0.4) is 0 Å². The smallest absolute Gasteiger partial charge is 0.262 e. The van der Waals surface area contributed by atoms with E-state index >= 15 is 0 Å².